The third kappa shape index (κ3) is 3.68. The molecule has 0 aliphatic heterocycles. The second-order valence-corrected chi connectivity index (χ2v) is 4.63. The third-order valence-corrected chi connectivity index (χ3v) is 3.18. The number of rotatable bonds is 6. The van der Waals surface area contributed by atoms with Crippen molar-refractivity contribution in [2.24, 2.45) is 0 Å². The molecule has 2 rings (SSSR count). The number of aliphatic carboxylic acids is 1. The van der Waals surface area contributed by atoms with Gasteiger partial charge in [-0.15, -0.1) is 0 Å². The third-order valence-electron chi connectivity index (χ3n) is 3.18. The molecule has 0 saturated heterocycles. The van der Waals surface area contributed by atoms with Crippen molar-refractivity contribution >= 4 is 5.97 Å². The highest BCUT2D eigenvalue weighted by atomic mass is 16.4. The molecule has 0 atom stereocenters. The SMILES string of the molecule is Cc1ncn(CCCc2ccccc2)c1CC(=O)O. The second-order valence-electron chi connectivity index (χ2n) is 4.63. The first-order chi connectivity index (χ1) is 9.16. The first-order valence-corrected chi connectivity index (χ1v) is 6.43. The van der Waals surface area contributed by atoms with Gasteiger partial charge in [0.15, 0.2) is 0 Å². The highest BCUT2D eigenvalue weighted by Crippen LogP contribution is 2.10. The first-order valence-electron chi connectivity index (χ1n) is 6.43. The van der Waals surface area contributed by atoms with Gasteiger partial charge >= 0.3 is 5.97 Å². The minimum absolute atomic E-state index is 0.0389. The fraction of sp³-hybridized carbons (Fsp3) is 0.333. The van der Waals surface area contributed by atoms with Gasteiger partial charge < -0.3 is 9.67 Å². The Balaban J connectivity index is 1.94. The number of hydrogen-bond acceptors (Lipinski definition) is 2. The molecule has 0 fully saturated rings. The van der Waals surface area contributed by atoms with Crippen LogP contribution in [0.5, 0.6) is 0 Å². The summed E-state index contributed by atoms with van der Waals surface area (Å²) in [6, 6.07) is 10.3. The van der Waals surface area contributed by atoms with Gasteiger partial charge in [0.05, 0.1) is 24.1 Å². The molecule has 1 N–H and O–H groups in total. The van der Waals surface area contributed by atoms with Crippen LogP contribution in [0, 0.1) is 6.92 Å². The van der Waals surface area contributed by atoms with E-state index in [9.17, 15) is 4.79 Å². The Labute approximate surface area is 112 Å². The average Bonchev–Trinajstić information content (AvgIpc) is 2.72. The molecule has 0 unspecified atom stereocenters. The Morgan fingerprint density at radius 3 is 2.74 bits per heavy atom. The largest absolute Gasteiger partial charge is 0.481 e. The summed E-state index contributed by atoms with van der Waals surface area (Å²) in [6.45, 7) is 2.66. The Kier molecular flexibility index (Phi) is 4.34. The van der Waals surface area contributed by atoms with E-state index in [2.05, 4.69) is 17.1 Å². The van der Waals surface area contributed by atoms with E-state index in [1.54, 1.807) is 6.33 Å². The summed E-state index contributed by atoms with van der Waals surface area (Å²) in [6.07, 6.45) is 3.74. The summed E-state index contributed by atoms with van der Waals surface area (Å²) in [7, 11) is 0. The van der Waals surface area contributed by atoms with Crippen LogP contribution in [-0.4, -0.2) is 20.6 Å². The van der Waals surface area contributed by atoms with Crippen LogP contribution in [0.2, 0.25) is 0 Å². The van der Waals surface area contributed by atoms with Gasteiger partial charge in [-0.3, -0.25) is 4.79 Å². The lowest BCUT2D eigenvalue weighted by molar-refractivity contribution is -0.136. The van der Waals surface area contributed by atoms with E-state index in [-0.39, 0.29) is 6.42 Å². The number of carboxylic acid groups (broad SMARTS) is 1. The molecular weight excluding hydrogens is 240 g/mol. The average molecular weight is 258 g/mol. The van der Waals surface area contributed by atoms with Crippen LogP contribution in [0.3, 0.4) is 0 Å². The maximum absolute atomic E-state index is 10.8. The van der Waals surface area contributed by atoms with E-state index in [1.165, 1.54) is 5.56 Å². The minimum Gasteiger partial charge on any atom is -0.481 e. The van der Waals surface area contributed by atoms with Crippen molar-refractivity contribution in [2.75, 3.05) is 0 Å². The Morgan fingerprint density at radius 2 is 2.05 bits per heavy atom. The van der Waals surface area contributed by atoms with Crippen LogP contribution in [0.15, 0.2) is 36.7 Å². The number of carboxylic acids is 1. The zero-order chi connectivity index (χ0) is 13.7. The van der Waals surface area contributed by atoms with Crippen molar-refractivity contribution < 1.29 is 9.90 Å². The van der Waals surface area contributed by atoms with Crippen LogP contribution in [-0.2, 0) is 24.2 Å². The predicted octanol–water partition coefficient (Wildman–Crippen LogP) is 2.45. The molecule has 0 spiro atoms. The maximum atomic E-state index is 10.8. The van der Waals surface area contributed by atoms with Gasteiger partial charge in [0, 0.05) is 6.54 Å². The van der Waals surface area contributed by atoms with Crippen molar-refractivity contribution in [1.29, 1.82) is 0 Å². The lowest BCUT2D eigenvalue weighted by atomic mass is 10.1. The van der Waals surface area contributed by atoms with E-state index in [0.717, 1.165) is 30.8 Å². The monoisotopic (exact) mass is 258 g/mol. The van der Waals surface area contributed by atoms with Gasteiger partial charge in [0.2, 0.25) is 0 Å². The van der Waals surface area contributed by atoms with Crippen LogP contribution in [0.25, 0.3) is 0 Å². The Hall–Kier alpha value is -2.10. The van der Waals surface area contributed by atoms with Gasteiger partial charge in [-0.1, -0.05) is 30.3 Å². The molecule has 0 radical (unpaired) electrons. The van der Waals surface area contributed by atoms with Crippen LogP contribution in [0.1, 0.15) is 23.4 Å². The minimum atomic E-state index is -0.812. The molecule has 19 heavy (non-hydrogen) atoms. The van der Waals surface area contributed by atoms with E-state index >= 15 is 0 Å². The highest BCUT2D eigenvalue weighted by Gasteiger charge is 2.10. The zero-order valence-corrected chi connectivity index (χ0v) is 11.0. The molecule has 100 valence electrons. The van der Waals surface area contributed by atoms with Crippen molar-refractivity contribution in [3.63, 3.8) is 0 Å². The van der Waals surface area contributed by atoms with Gasteiger partial charge in [-0.05, 0) is 25.3 Å². The molecule has 2 aromatic rings. The number of hydrogen-bond donors (Lipinski definition) is 1. The fourth-order valence-corrected chi connectivity index (χ4v) is 2.17. The van der Waals surface area contributed by atoms with E-state index in [0.29, 0.717) is 0 Å². The summed E-state index contributed by atoms with van der Waals surface area (Å²) < 4.78 is 1.95. The number of aromatic nitrogens is 2. The normalized spacial score (nSPS) is 10.6. The van der Waals surface area contributed by atoms with E-state index in [4.69, 9.17) is 5.11 Å². The van der Waals surface area contributed by atoms with E-state index in [1.807, 2.05) is 29.7 Å². The fourth-order valence-electron chi connectivity index (χ4n) is 2.17. The molecule has 0 aliphatic rings. The quantitative estimate of drug-likeness (QED) is 0.866. The zero-order valence-electron chi connectivity index (χ0n) is 11.0. The van der Waals surface area contributed by atoms with Crippen molar-refractivity contribution in [3.05, 3.63) is 53.6 Å². The second kappa shape index (κ2) is 6.18. The van der Waals surface area contributed by atoms with Crippen LogP contribution < -0.4 is 0 Å². The smallest absolute Gasteiger partial charge is 0.309 e. The van der Waals surface area contributed by atoms with Crippen molar-refractivity contribution in [1.82, 2.24) is 9.55 Å². The standard InChI is InChI=1S/C15H18N2O2/c1-12-14(10-15(18)19)17(11-16-12)9-5-8-13-6-3-2-4-7-13/h2-4,6-7,11H,5,8-10H2,1H3,(H,18,19). The van der Waals surface area contributed by atoms with Gasteiger partial charge in [-0.2, -0.15) is 0 Å². The van der Waals surface area contributed by atoms with Gasteiger partial charge in [-0.25, -0.2) is 4.98 Å². The maximum Gasteiger partial charge on any atom is 0.309 e. The molecule has 1 heterocycles. The Bertz CT molecular complexity index is 547. The highest BCUT2D eigenvalue weighted by molar-refractivity contribution is 5.69. The molecule has 4 nitrogen and oxygen atoms in total. The van der Waals surface area contributed by atoms with Crippen LogP contribution in [0.4, 0.5) is 0 Å². The molecule has 1 aromatic carbocycles. The molecule has 1 aromatic heterocycles. The Morgan fingerprint density at radius 1 is 1.32 bits per heavy atom. The molecule has 0 aliphatic carbocycles. The molecule has 0 amide bonds. The molecule has 0 saturated carbocycles. The number of imidazole rings is 1. The van der Waals surface area contributed by atoms with Gasteiger partial charge in [0.25, 0.3) is 0 Å². The number of nitrogens with zero attached hydrogens (tertiary/aromatic N) is 2. The van der Waals surface area contributed by atoms with Crippen molar-refractivity contribution in [3.8, 4) is 0 Å². The van der Waals surface area contributed by atoms with Crippen molar-refractivity contribution in [2.45, 2.75) is 32.7 Å². The summed E-state index contributed by atoms with van der Waals surface area (Å²) >= 11 is 0. The predicted molar refractivity (Wildman–Crippen MR) is 73.1 cm³/mol. The topological polar surface area (TPSA) is 55.1 Å². The lowest BCUT2D eigenvalue weighted by Crippen LogP contribution is -2.09. The summed E-state index contributed by atoms with van der Waals surface area (Å²) in [4.78, 5) is 15.0. The summed E-state index contributed by atoms with van der Waals surface area (Å²) in [5.41, 5.74) is 2.92. The molecular formula is C15H18N2O2. The number of benzene rings is 1. The van der Waals surface area contributed by atoms with Crippen LogP contribution >= 0.6 is 0 Å². The molecule has 4 heteroatoms. The molecule has 0 bridgehead atoms. The number of carbonyl (C=O) groups is 1. The lowest BCUT2D eigenvalue weighted by Gasteiger charge is -2.07. The first kappa shape index (κ1) is 13.3. The summed E-state index contributed by atoms with van der Waals surface area (Å²) in [5, 5.41) is 8.90. The number of aryl methyl sites for hydroxylation is 3. The van der Waals surface area contributed by atoms with E-state index < -0.39 is 5.97 Å². The summed E-state index contributed by atoms with van der Waals surface area (Å²) in [5.74, 6) is -0.812. The van der Waals surface area contributed by atoms with Gasteiger partial charge in [0.1, 0.15) is 0 Å².